The van der Waals surface area contributed by atoms with Crippen LogP contribution >= 0.6 is 0 Å². The molecule has 1 N–H and O–H groups in total. The lowest BCUT2D eigenvalue weighted by atomic mass is 10.1. The van der Waals surface area contributed by atoms with Gasteiger partial charge in [0.2, 0.25) is 0 Å². The fourth-order valence-electron chi connectivity index (χ4n) is 0.524. The predicted molar refractivity (Wildman–Crippen MR) is 38.4 cm³/mol. The highest BCUT2D eigenvalue weighted by Crippen LogP contribution is 2.13. The first-order valence-corrected chi connectivity index (χ1v) is 3.54. The summed E-state index contributed by atoms with van der Waals surface area (Å²) < 4.78 is 24.1. The van der Waals surface area contributed by atoms with Gasteiger partial charge in [0.1, 0.15) is 0 Å². The van der Waals surface area contributed by atoms with Crippen molar-refractivity contribution in [1.29, 1.82) is 0 Å². The van der Waals surface area contributed by atoms with E-state index >= 15 is 0 Å². The van der Waals surface area contributed by atoms with Gasteiger partial charge in [-0.15, -0.1) is 0 Å². The lowest BCUT2D eigenvalue weighted by Crippen LogP contribution is -2.45. The van der Waals surface area contributed by atoms with E-state index in [-0.39, 0.29) is 0 Å². The Hall–Kier alpha value is -0.180. The van der Waals surface area contributed by atoms with Crippen molar-refractivity contribution in [3.05, 3.63) is 0 Å². The summed E-state index contributed by atoms with van der Waals surface area (Å²) in [6, 6.07) is 0. The summed E-state index contributed by atoms with van der Waals surface area (Å²) in [5.74, 6) is 0. The van der Waals surface area contributed by atoms with Crippen LogP contribution in [0.5, 0.6) is 0 Å². The molecule has 0 aliphatic carbocycles. The Balaban J connectivity index is 3.63. The molecule has 0 saturated carbocycles. The number of hydrogen-bond donors (Lipinski definition) is 1. The van der Waals surface area contributed by atoms with Gasteiger partial charge in [-0.05, 0) is 26.8 Å². The fourth-order valence-corrected chi connectivity index (χ4v) is 0.524. The van der Waals surface area contributed by atoms with Gasteiger partial charge in [-0.3, -0.25) is 0 Å². The molecule has 1 nitrogen and oxygen atoms in total. The molecule has 0 unspecified atom stereocenters. The Morgan fingerprint density at radius 2 is 1.90 bits per heavy atom. The van der Waals surface area contributed by atoms with Crippen molar-refractivity contribution in [1.82, 2.24) is 5.32 Å². The third kappa shape index (κ3) is 3.11. The van der Waals surface area contributed by atoms with E-state index in [4.69, 9.17) is 0 Å². The van der Waals surface area contributed by atoms with Gasteiger partial charge >= 0.3 is 0 Å². The van der Waals surface area contributed by atoms with E-state index < -0.39 is 12.0 Å². The lowest BCUT2D eigenvalue weighted by Gasteiger charge is -2.24. The normalized spacial score (nSPS) is 12.6. The van der Waals surface area contributed by atoms with Gasteiger partial charge in [0.05, 0.1) is 5.54 Å². The maximum atomic E-state index is 12.1. The molecule has 0 fully saturated rings. The molecule has 0 aromatic heterocycles. The summed E-state index contributed by atoms with van der Waals surface area (Å²) in [6.45, 7) is 5.62. The lowest BCUT2D eigenvalue weighted by molar-refractivity contribution is 0.0514. The first kappa shape index (κ1) is 9.82. The predicted octanol–water partition coefficient (Wildman–Crippen LogP) is 2.03. The van der Waals surface area contributed by atoms with Crippen LogP contribution in [0.15, 0.2) is 0 Å². The second-order valence-corrected chi connectivity index (χ2v) is 2.95. The molecule has 0 aliphatic rings. The topological polar surface area (TPSA) is 12.0 Å². The van der Waals surface area contributed by atoms with E-state index in [1.807, 2.05) is 6.92 Å². The Morgan fingerprint density at radius 3 is 2.20 bits per heavy atom. The molecule has 0 amide bonds. The number of nitrogens with one attached hydrogen (secondary N) is 1. The van der Waals surface area contributed by atoms with Gasteiger partial charge in [-0.1, -0.05) is 6.92 Å². The van der Waals surface area contributed by atoms with Crippen molar-refractivity contribution in [3.8, 4) is 0 Å². The molecule has 0 aromatic carbocycles. The van der Waals surface area contributed by atoms with E-state index in [0.29, 0.717) is 6.54 Å². The molecule has 0 aliphatic heterocycles. The number of alkyl halides is 2. The Bertz CT molecular complexity index is 91.6. The van der Waals surface area contributed by atoms with Crippen LogP contribution in [0.25, 0.3) is 0 Å². The van der Waals surface area contributed by atoms with Crippen LogP contribution in [0.4, 0.5) is 8.78 Å². The molecule has 0 saturated heterocycles. The minimum absolute atomic E-state index is 0.650. The first-order valence-electron chi connectivity index (χ1n) is 3.54. The van der Waals surface area contributed by atoms with E-state index in [2.05, 4.69) is 5.32 Å². The third-order valence-electron chi connectivity index (χ3n) is 1.38. The van der Waals surface area contributed by atoms with Crippen LogP contribution < -0.4 is 5.32 Å². The first-order chi connectivity index (χ1) is 4.50. The molecule has 0 atom stereocenters. The van der Waals surface area contributed by atoms with Crippen LogP contribution in [0.1, 0.15) is 27.2 Å². The van der Waals surface area contributed by atoms with Gasteiger partial charge in [0, 0.05) is 0 Å². The number of halogens is 2. The molecule has 0 spiro atoms. The monoisotopic (exact) mass is 151 g/mol. The Morgan fingerprint density at radius 1 is 1.40 bits per heavy atom. The summed E-state index contributed by atoms with van der Waals surface area (Å²) >= 11 is 0. The number of rotatable bonds is 4. The molecule has 0 rings (SSSR count). The van der Waals surface area contributed by atoms with E-state index in [1.54, 1.807) is 0 Å². The van der Waals surface area contributed by atoms with Crippen molar-refractivity contribution in [3.63, 3.8) is 0 Å². The second-order valence-electron chi connectivity index (χ2n) is 2.95. The zero-order chi connectivity index (χ0) is 8.20. The number of hydrogen-bond acceptors (Lipinski definition) is 1. The average Bonchev–Trinajstić information content (AvgIpc) is 1.84. The van der Waals surface area contributed by atoms with Crippen LogP contribution in [-0.4, -0.2) is 18.5 Å². The highest BCUT2D eigenvalue weighted by Gasteiger charge is 2.27. The average molecular weight is 151 g/mol. The van der Waals surface area contributed by atoms with Crippen molar-refractivity contribution in [2.75, 3.05) is 6.54 Å². The molecule has 62 valence electrons. The summed E-state index contributed by atoms with van der Waals surface area (Å²) in [7, 11) is 0. The Labute approximate surface area is 60.8 Å². The molecule has 0 radical (unpaired) electrons. The molecule has 0 aromatic rings. The summed E-state index contributed by atoms with van der Waals surface area (Å²) in [4.78, 5) is 0. The molecule has 0 bridgehead atoms. The van der Waals surface area contributed by atoms with Gasteiger partial charge in [-0.2, -0.15) is 0 Å². The maximum absolute atomic E-state index is 12.1. The highest BCUT2D eigenvalue weighted by molar-refractivity contribution is 4.79. The molecular formula is C7H15F2N. The van der Waals surface area contributed by atoms with Gasteiger partial charge in [-0.25, -0.2) is 8.78 Å². The SMILES string of the molecule is CCCNC(C)(C)C(F)F. The van der Waals surface area contributed by atoms with Crippen molar-refractivity contribution in [2.45, 2.75) is 39.2 Å². The van der Waals surface area contributed by atoms with E-state index in [0.717, 1.165) is 6.42 Å². The van der Waals surface area contributed by atoms with Gasteiger partial charge < -0.3 is 5.32 Å². The second kappa shape index (κ2) is 3.86. The smallest absolute Gasteiger partial charge is 0.255 e. The minimum atomic E-state index is -2.29. The van der Waals surface area contributed by atoms with Crippen LogP contribution in [-0.2, 0) is 0 Å². The zero-order valence-electron chi connectivity index (χ0n) is 6.75. The summed E-state index contributed by atoms with van der Waals surface area (Å²) in [5.41, 5.74) is -1.03. The fraction of sp³-hybridized carbons (Fsp3) is 1.00. The molecular weight excluding hydrogens is 136 g/mol. The van der Waals surface area contributed by atoms with Crippen molar-refractivity contribution < 1.29 is 8.78 Å². The van der Waals surface area contributed by atoms with E-state index in [1.165, 1.54) is 13.8 Å². The van der Waals surface area contributed by atoms with E-state index in [9.17, 15) is 8.78 Å². The van der Waals surface area contributed by atoms with Gasteiger partial charge in [0.25, 0.3) is 6.43 Å². The standard InChI is InChI=1S/C7H15F2N/c1-4-5-10-7(2,3)6(8)9/h6,10H,4-5H2,1-3H3. The minimum Gasteiger partial charge on any atom is -0.307 e. The van der Waals surface area contributed by atoms with Crippen LogP contribution in [0, 0.1) is 0 Å². The molecule has 0 heterocycles. The van der Waals surface area contributed by atoms with Crippen molar-refractivity contribution in [2.24, 2.45) is 0 Å². The Kier molecular flexibility index (Phi) is 3.79. The summed E-state index contributed by atoms with van der Waals surface area (Å²) in [5, 5.41) is 2.76. The van der Waals surface area contributed by atoms with Crippen LogP contribution in [0.3, 0.4) is 0 Å². The van der Waals surface area contributed by atoms with Crippen molar-refractivity contribution >= 4 is 0 Å². The molecule has 10 heavy (non-hydrogen) atoms. The zero-order valence-corrected chi connectivity index (χ0v) is 6.75. The highest BCUT2D eigenvalue weighted by atomic mass is 19.3. The largest absolute Gasteiger partial charge is 0.307 e. The van der Waals surface area contributed by atoms with Gasteiger partial charge in [0.15, 0.2) is 0 Å². The maximum Gasteiger partial charge on any atom is 0.255 e. The quantitative estimate of drug-likeness (QED) is 0.648. The molecule has 3 heteroatoms. The van der Waals surface area contributed by atoms with Crippen LogP contribution in [0.2, 0.25) is 0 Å². The summed E-state index contributed by atoms with van der Waals surface area (Å²) in [6.07, 6.45) is -1.41. The third-order valence-corrected chi connectivity index (χ3v) is 1.38.